The number of piperidine rings is 2. The zero-order valence-corrected chi connectivity index (χ0v) is 15.7. The molecule has 2 saturated heterocycles. The first-order valence-corrected chi connectivity index (χ1v) is 9.30. The van der Waals surface area contributed by atoms with Gasteiger partial charge in [-0.15, -0.1) is 0 Å². The fourth-order valence-corrected chi connectivity index (χ4v) is 4.16. The molecule has 146 valence electrons. The van der Waals surface area contributed by atoms with Crippen LogP contribution in [0.25, 0.3) is 0 Å². The van der Waals surface area contributed by atoms with Crippen molar-refractivity contribution in [2.24, 2.45) is 5.41 Å². The second-order valence-corrected chi connectivity index (χ2v) is 7.79. The quantitative estimate of drug-likeness (QED) is 0.879. The van der Waals surface area contributed by atoms with Crippen LogP contribution in [0.1, 0.15) is 48.5 Å². The Morgan fingerprint density at radius 1 is 1.22 bits per heavy atom. The summed E-state index contributed by atoms with van der Waals surface area (Å²) in [5.74, 6) is -1.58. The number of aliphatic carboxylic acids is 1. The van der Waals surface area contributed by atoms with Crippen molar-refractivity contribution in [1.82, 2.24) is 9.80 Å². The molecular weight excluding hydrogens is 351 g/mol. The Kier molecular flexibility index (Phi) is 5.22. The smallest absolute Gasteiger partial charge is 0.326 e. The molecule has 2 aliphatic rings. The summed E-state index contributed by atoms with van der Waals surface area (Å²) in [6.45, 7) is 4.80. The number of nitrogens with zero attached hydrogens (tertiary/aromatic N) is 2. The molecule has 2 fully saturated rings. The van der Waals surface area contributed by atoms with Gasteiger partial charge in [0, 0.05) is 31.6 Å². The Hall–Kier alpha value is -2.44. The van der Waals surface area contributed by atoms with Gasteiger partial charge in [-0.2, -0.15) is 0 Å². The molecule has 0 saturated carbocycles. The highest BCUT2D eigenvalue weighted by Crippen LogP contribution is 2.41. The predicted molar refractivity (Wildman–Crippen MR) is 96.8 cm³/mol. The number of carboxylic acids is 1. The Morgan fingerprint density at radius 3 is 2.48 bits per heavy atom. The SMILES string of the molecule is Cc1cc(F)ccc1C(=O)N1CCC2(CCC(=O)N(C(C)C(=O)O)C2)CC1. The van der Waals surface area contributed by atoms with Gasteiger partial charge in [-0.05, 0) is 62.3 Å². The topological polar surface area (TPSA) is 77.9 Å². The molecule has 1 atom stereocenters. The van der Waals surface area contributed by atoms with E-state index in [1.165, 1.54) is 30.0 Å². The number of carbonyl (C=O) groups excluding carboxylic acids is 2. The highest BCUT2D eigenvalue weighted by molar-refractivity contribution is 5.95. The van der Waals surface area contributed by atoms with Gasteiger partial charge in [0.25, 0.3) is 5.91 Å². The van der Waals surface area contributed by atoms with E-state index < -0.39 is 12.0 Å². The van der Waals surface area contributed by atoms with Gasteiger partial charge in [0.1, 0.15) is 11.9 Å². The van der Waals surface area contributed by atoms with E-state index in [0.717, 1.165) is 19.3 Å². The summed E-state index contributed by atoms with van der Waals surface area (Å²) in [7, 11) is 0. The summed E-state index contributed by atoms with van der Waals surface area (Å²) in [4.78, 5) is 39.5. The monoisotopic (exact) mass is 376 g/mol. The molecule has 1 aromatic rings. The minimum Gasteiger partial charge on any atom is -0.480 e. The molecule has 0 aromatic heterocycles. The van der Waals surface area contributed by atoms with Gasteiger partial charge >= 0.3 is 5.97 Å². The first-order valence-electron chi connectivity index (χ1n) is 9.30. The summed E-state index contributed by atoms with van der Waals surface area (Å²) >= 11 is 0. The number of hydrogen-bond donors (Lipinski definition) is 1. The number of hydrogen-bond acceptors (Lipinski definition) is 3. The van der Waals surface area contributed by atoms with Crippen LogP contribution in [0.4, 0.5) is 4.39 Å². The lowest BCUT2D eigenvalue weighted by Crippen LogP contribution is -2.55. The summed E-state index contributed by atoms with van der Waals surface area (Å²) in [6.07, 6.45) is 2.54. The van der Waals surface area contributed by atoms with Crippen LogP contribution in [-0.2, 0) is 9.59 Å². The molecule has 0 radical (unpaired) electrons. The van der Waals surface area contributed by atoms with Crippen LogP contribution in [-0.4, -0.2) is 58.4 Å². The van der Waals surface area contributed by atoms with E-state index in [1.807, 2.05) is 0 Å². The van der Waals surface area contributed by atoms with Gasteiger partial charge in [-0.3, -0.25) is 9.59 Å². The summed E-state index contributed by atoms with van der Waals surface area (Å²) < 4.78 is 13.3. The summed E-state index contributed by atoms with van der Waals surface area (Å²) in [5.41, 5.74) is 0.990. The molecule has 0 bridgehead atoms. The fraction of sp³-hybridized carbons (Fsp3) is 0.550. The molecule has 3 rings (SSSR count). The van der Waals surface area contributed by atoms with Crippen molar-refractivity contribution in [2.45, 2.75) is 45.6 Å². The molecule has 1 spiro atoms. The number of aryl methyl sites for hydroxylation is 1. The van der Waals surface area contributed by atoms with Crippen molar-refractivity contribution in [3.8, 4) is 0 Å². The van der Waals surface area contributed by atoms with Crippen LogP contribution in [0.2, 0.25) is 0 Å². The third kappa shape index (κ3) is 3.82. The fourth-order valence-electron chi connectivity index (χ4n) is 4.16. The molecular formula is C20H25FN2O4. The standard InChI is InChI=1S/C20H25FN2O4/c1-13-11-15(21)3-4-16(13)18(25)22-9-7-20(8-10-22)6-5-17(24)23(12-20)14(2)19(26)27/h3-4,11,14H,5-10,12H2,1-2H3,(H,26,27). The Labute approximate surface area is 157 Å². The van der Waals surface area contributed by atoms with E-state index >= 15 is 0 Å². The molecule has 1 N–H and O–H groups in total. The number of carboxylic acid groups (broad SMARTS) is 1. The van der Waals surface area contributed by atoms with Crippen LogP contribution in [0.5, 0.6) is 0 Å². The van der Waals surface area contributed by atoms with Crippen LogP contribution < -0.4 is 0 Å². The average Bonchev–Trinajstić information content (AvgIpc) is 2.63. The molecule has 2 aliphatic heterocycles. The average molecular weight is 376 g/mol. The Balaban J connectivity index is 1.68. The van der Waals surface area contributed by atoms with Crippen LogP contribution in [0, 0.1) is 18.2 Å². The van der Waals surface area contributed by atoms with Crippen molar-refractivity contribution in [1.29, 1.82) is 0 Å². The number of halogens is 1. The molecule has 27 heavy (non-hydrogen) atoms. The molecule has 2 amide bonds. The minimum absolute atomic E-state index is 0.106. The van der Waals surface area contributed by atoms with Crippen molar-refractivity contribution in [3.05, 3.63) is 35.1 Å². The third-order valence-electron chi connectivity index (χ3n) is 6.05. The summed E-state index contributed by atoms with van der Waals surface area (Å²) in [5, 5.41) is 9.25. The molecule has 2 heterocycles. The maximum Gasteiger partial charge on any atom is 0.326 e. The van der Waals surface area contributed by atoms with E-state index in [-0.39, 0.29) is 23.0 Å². The highest BCUT2D eigenvalue weighted by atomic mass is 19.1. The molecule has 7 heteroatoms. The number of carbonyl (C=O) groups is 3. The third-order valence-corrected chi connectivity index (χ3v) is 6.05. The number of likely N-dealkylation sites (tertiary alicyclic amines) is 2. The molecule has 0 aliphatic carbocycles. The van der Waals surface area contributed by atoms with Crippen LogP contribution >= 0.6 is 0 Å². The maximum absolute atomic E-state index is 13.3. The molecule has 1 aromatic carbocycles. The molecule has 6 nitrogen and oxygen atoms in total. The second kappa shape index (κ2) is 7.29. The van der Waals surface area contributed by atoms with Gasteiger partial charge in [-0.1, -0.05) is 0 Å². The first kappa shape index (κ1) is 19.3. The number of amides is 2. The van der Waals surface area contributed by atoms with E-state index in [0.29, 0.717) is 37.2 Å². The van der Waals surface area contributed by atoms with Crippen molar-refractivity contribution >= 4 is 17.8 Å². The van der Waals surface area contributed by atoms with E-state index in [1.54, 1.807) is 11.8 Å². The molecule has 1 unspecified atom stereocenters. The van der Waals surface area contributed by atoms with Gasteiger partial charge in [-0.25, -0.2) is 9.18 Å². The van der Waals surface area contributed by atoms with Gasteiger partial charge in [0.05, 0.1) is 0 Å². The number of benzene rings is 1. The largest absolute Gasteiger partial charge is 0.480 e. The van der Waals surface area contributed by atoms with Gasteiger partial charge in [0.15, 0.2) is 0 Å². The first-order chi connectivity index (χ1) is 12.7. The van der Waals surface area contributed by atoms with Crippen LogP contribution in [0.15, 0.2) is 18.2 Å². The lowest BCUT2D eigenvalue weighted by Gasteiger charge is -2.48. The van der Waals surface area contributed by atoms with Crippen molar-refractivity contribution in [2.75, 3.05) is 19.6 Å². The van der Waals surface area contributed by atoms with E-state index in [9.17, 15) is 23.9 Å². The highest BCUT2D eigenvalue weighted by Gasteiger charge is 2.44. The van der Waals surface area contributed by atoms with Crippen molar-refractivity contribution in [3.63, 3.8) is 0 Å². The van der Waals surface area contributed by atoms with Crippen molar-refractivity contribution < 1.29 is 23.9 Å². The summed E-state index contributed by atoms with van der Waals surface area (Å²) in [6, 6.07) is 3.34. The van der Waals surface area contributed by atoms with Crippen LogP contribution in [0.3, 0.4) is 0 Å². The maximum atomic E-state index is 13.3. The van der Waals surface area contributed by atoms with E-state index in [2.05, 4.69) is 0 Å². The zero-order valence-electron chi connectivity index (χ0n) is 15.7. The number of rotatable bonds is 3. The normalized spacial score (nSPS) is 20.6. The van der Waals surface area contributed by atoms with Gasteiger partial charge in [0.2, 0.25) is 5.91 Å². The Morgan fingerprint density at radius 2 is 1.89 bits per heavy atom. The predicted octanol–water partition coefficient (Wildman–Crippen LogP) is 2.45. The lowest BCUT2D eigenvalue weighted by atomic mass is 9.72. The lowest BCUT2D eigenvalue weighted by molar-refractivity contribution is -0.154. The zero-order chi connectivity index (χ0) is 19.8. The Bertz CT molecular complexity index is 771. The minimum atomic E-state index is -1.00. The second-order valence-electron chi connectivity index (χ2n) is 7.79. The van der Waals surface area contributed by atoms with Gasteiger partial charge < -0.3 is 14.9 Å². The van der Waals surface area contributed by atoms with E-state index in [4.69, 9.17) is 0 Å².